The first-order valence-corrected chi connectivity index (χ1v) is 7.19. The monoisotopic (exact) mass is 276 g/mol. The Kier molecular flexibility index (Phi) is 3.40. The Balaban J connectivity index is 1.90. The third-order valence-electron chi connectivity index (χ3n) is 3.45. The summed E-state index contributed by atoms with van der Waals surface area (Å²) in [6.07, 6.45) is 2.00. The van der Waals surface area contributed by atoms with Gasteiger partial charge in [0.25, 0.3) is 5.91 Å². The molecular weight excluding hydrogens is 260 g/mol. The van der Waals surface area contributed by atoms with Crippen molar-refractivity contribution in [2.75, 3.05) is 19.8 Å². The van der Waals surface area contributed by atoms with Crippen LogP contribution in [0, 0.1) is 0 Å². The summed E-state index contributed by atoms with van der Waals surface area (Å²) in [6.45, 7) is 1.82. The number of carbonyl (C=O) groups is 1. The lowest BCUT2D eigenvalue weighted by Gasteiger charge is -2.35. The molecular formula is C14H16N2O2S. The summed E-state index contributed by atoms with van der Waals surface area (Å²) in [5.41, 5.74) is 1.12. The molecule has 0 spiro atoms. The van der Waals surface area contributed by atoms with Gasteiger partial charge in [-0.2, -0.15) is 0 Å². The van der Waals surface area contributed by atoms with Gasteiger partial charge in [-0.15, -0.1) is 11.3 Å². The Morgan fingerprint density at radius 1 is 1.42 bits per heavy atom. The third kappa shape index (κ3) is 2.31. The van der Waals surface area contributed by atoms with Crippen molar-refractivity contribution in [3.63, 3.8) is 0 Å². The lowest BCUT2D eigenvalue weighted by molar-refractivity contribution is -0.00437. The summed E-state index contributed by atoms with van der Waals surface area (Å²) in [5, 5.41) is 1.94. The van der Waals surface area contributed by atoms with E-state index < -0.39 is 0 Å². The summed E-state index contributed by atoms with van der Waals surface area (Å²) in [5.74, 6) is 0.101. The van der Waals surface area contributed by atoms with E-state index in [0.29, 0.717) is 19.8 Å². The predicted octanol–water partition coefficient (Wildman–Crippen LogP) is 2.30. The summed E-state index contributed by atoms with van der Waals surface area (Å²) < 4.78 is 7.60. The summed E-state index contributed by atoms with van der Waals surface area (Å²) >= 11 is 1.49. The van der Waals surface area contributed by atoms with Crippen LogP contribution in [0.1, 0.15) is 21.4 Å². The van der Waals surface area contributed by atoms with E-state index >= 15 is 0 Å². The van der Waals surface area contributed by atoms with Crippen LogP contribution in [0.2, 0.25) is 0 Å². The van der Waals surface area contributed by atoms with Crippen molar-refractivity contribution in [2.45, 2.75) is 6.04 Å². The standard InChI is InChI=1S/C14H16N2O2S/c1-15-6-2-4-11(15)12-10-18-8-7-16(12)14(17)13-5-3-9-19-13/h2-6,9,12H,7-8,10H2,1H3. The molecule has 2 aromatic rings. The van der Waals surface area contributed by atoms with Gasteiger partial charge in [-0.25, -0.2) is 0 Å². The molecule has 2 aromatic heterocycles. The first kappa shape index (κ1) is 12.4. The molecule has 100 valence electrons. The Labute approximate surface area is 116 Å². The fourth-order valence-corrected chi connectivity index (χ4v) is 3.13. The maximum Gasteiger partial charge on any atom is 0.264 e. The molecule has 3 rings (SSSR count). The highest BCUT2D eigenvalue weighted by Gasteiger charge is 2.30. The molecule has 5 heteroatoms. The van der Waals surface area contributed by atoms with Crippen molar-refractivity contribution in [2.24, 2.45) is 7.05 Å². The van der Waals surface area contributed by atoms with Gasteiger partial charge in [0.2, 0.25) is 0 Å². The molecule has 1 atom stereocenters. The van der Waals surface area contributed by atoms with Crippen molar-refractivity contribution in [1.82, 2.24) is 9.47 Å². The number of morpholine rings is 1. The van der Waals surface area contributed by atoms with Gasteiger partial charge >= 0.3 is 0 Å². The zero-order chi connectivity index (χ0) is 13.2. The smallest absolute Gasteiger partial charge is 0.264 e. The van der Waals surface area contributed by atoms with Crippen LogP contribution >= 0.6 is 11.3 Å². The van der Waals surface area contributed by atoms with Crippen LogP contribution in [0.25, 0.3) is 0 Å². The SMILES string of the molecule is Cn1cccc1C1COCCN1C(=O)c1cccs1. The molecule has 0 bridgehead atoms. The maximum atomic E-state index is 12.5. The number of ether oxygens (including phenoxy) is 1. The van der Waals surface area contributed by atoms with Gasteiger partial charge in [-0.05, 0) is 23.6 Å². The number of aryl methyl sites for hydroxylation is 1. The average Bonchev–Trinajstić information content (AvgIpc) is 3.09. The maximum absolute atomic E-state index is 12.5. The minimum atomic E-state index is 0.00310. The van der Waals surface area contributed by atoms with Crippen molar-refractivity contribution in [1.29, 1.82) is 0 Å². The number of hydrogen-bond donors (Lipinski definition) is 0. The molecule has 1 unspecified atom stereocenters. The number of carbonyl (C=O) groups excluding carboxylic acids is 1. The van der Waals surface area contributed by atoms with Crippen LogP contribution in [-0.2, 0) is 11.8 Å². The topological polar surface area (TPSA) is 34.5 Å². The molecule has 0 saturated carbocycles. The van der Waals surface area contributed by atoms with E-state index in [4.69, 9.17) is 4.74 Å². The fourth-order valence-electron chi connectivity index (χ4n) is 2.45. The third-order valence-corrected chi connectivity index (χ3v) is 4.30. The summed E-state index contributed by atoms with van der Waals surface area (Å²) in [7, 11) is 2.00. The molecule has 0 aliphatic carbocycles. The Hall–Kier alpha value is -1.59. The van der Waals surface area contributed by atoms with E-state index in [9.17, 15) is 4.79 Å². The van der Waals surface area contributed by atoms with Gasteiger partial charge < -0.3 is 14.2 Å². The number of rotatable bonds is 2. The highest BCUT2D eigenvalue weighted by atomic mass is 32.1. The fraction of sp³-hybridized carbons (Fsp3) is 0.357. The van der Waals surface area contributed by atoms with Gasteiger partial charge in [-0.3, -0.25) is 4.79 Å². The van der Waals surface area contributed by atoms with E-state index in [2.05, 4.69) is 0 Å². The van der Waals surface area contributed by atoms with Gasteiger partial charge in [0.15, 0.2) is 0 Å². The van der Waals surface area contributed by atoms with E-state index in [1.165, 1.54) is 11.3 Å². The molecule has 0 aromatic carbocycles. The lowest BCUT2D eigenvalue weighted by atomic mass is 10.1. The van der Waals surface area contributed by atoms with Gasteiger partial charge in [-0.1, -0.05) is 6.07 Å². The van der Waals surface area contributed by atoms with Crippen LogP contribution in [0.3, 0.4) is 0 Å². The average molecular weight is 276 g/mol. The molecule has 0 N–H and O–H groups in total. The Morgan fingerprint density at radius 2 is 2.32 bits per heavy atom. The molecule has 1 saturated heterocycles. The highest BCUT2D eigenvalue weighted by Crippen LogP contribution is 2.27. The minimum absolute atomic E-state index is 0.00310. The molecule has 1 aliphatic rings. The number of nitrogens with zero attached hydrogens (tertiary/aromatic N) is 2. The molecule has 1 amide bonds. The zero-order valence-electron chi connectivity index (χ0n) is 10.8. The molecule has 19 heavy (non-hydrogen) atoms. The molecule has 0 radical (unpaired) electrons. The molecule has 4 nitrogen and oxygen atoms in total. The normalized spacial score (nSPS) is 19.6. The van der Waals surface area contributed by atoms with E-state index in [-0.39, 0.29) is 11.9 Å². The van der Waals surface area contributed by atoms with Crippen LogP contribution in [0.15, 0.2) is 35.8 Å². The van der Waals surface area contributed by atoms with Crippen LogP contribution in [0.5, 0.6) is 0 Å². The van der Waals surface area contributed by atoms with Crippen molar-refractivity contribution < 1.29 is 9.53 Å². The van der Waals surface area contributed by atoms with Crippen LogP contribution in [0.4, 0.5) is 0 Å². The van der Waals surface area contributed by atoms with Gasteiger partial charge in [0, 0.05) is 25.5 Å². The van der Waals surface area contributed by atoms with E-state index in [1.807, 2.05) is 52.4 Å². The second-order valence-corrected chi connectivity index (χ2v) is 5.56. The minimum Gasteiger partial charge on any atom is -0.377 e. The molecule has 1 fully saturated rings. The van der Waals surface area contributed by atoms with E-state index in [0.717, 1.165) is 10.6 Å². The second-order valence-electron chi connectivity index (χ2n) is 4.61. The number of aromatic nitrogens is 1. The first-order valence-electron chi connectivity index (χ1n) is 6.31. The zero-order valence-corrected chi connectivity index (χ0v) is 11.6. The largest absolute Gasteiger partial charge is 0.377 e. The van der Waals surface area contributed by atoms with Crippen LogP contribution < -0.4 is 0 Å². The first-order chi connectivity index (χ1) is 9.27. The van der Waals surface area contributed by atoms with Crippen molar-refractivity contribution in [3.8, 4) is 0 Å². The van der Waals surface area contributed by atoms with Crippen LogP contribution in [-0.4, -0.2) is 35.1 Å². The number of hydrogen-bond acceptors (Lipinski definition) is 3. The number of amides is 1. The summed E-state index contributed by atoms with van der Waals surface area (Å²) in [6, 6.07) is 7.84. The quantitative estimate of drug-likeness (QED) is 0.843. The Morgan fingerprint density at radius 3 is 3.00 bits per heavy atom. The van der Waals surface area contributed by atoms with E-state index in [1.54, 1.807) is 0 Å². The van der Waals surface area contributed by atoms with Gasteiger partial charge in [0.05, 0.1) is 24.1 Å². The molecule has 1 aliphatic heterocycles. The highest BCUT2D eigenvalue weighted by molar-refractivity contribution is 7.12. The van der Waals surface area contributed by atoms with Gasteiger partial charge in [0.1, 0.15) is 0 Å². The van der Waals surface area contributed by atoms with Crippen molar-refractivity contribution >= 4 is 17.2 Å². The lowest BCUT2D eigenvalue weighted by Crippen LogP contribution is -2.43. The Bertz CT molecular complexity index is 562. The predicted molar refractivity (Wildman–Crippen MR) is 74.3 cm³/mol. The summed E-state index contributed by atoms with van der Waals surface area (Å²) in [4.78, 5) is 15.3. The number of thiophene rings is 1. The van der Waals surface area contributed by atoms with Crippen molar-refractivity contribution in [3.05, 3.63) is 46.4 Å². The molecule has 3 heterocycles. The second kappa shape index (κ2) is 5.19.